The molecule has 0 radical (unpaired) electrons. The van der Waals surface area contributed by atoms with Crippen LogP contribution < -0.4 is 29.7 Å². The van der Waals surface area contributed by atoms with Crippen LogP contribution in [0.5, 0.6) is 17.2 Å². The number of benzene rings is 3. The first kappa shape index (κ1) is 31.8. The summed E-state index contributed by atoms with van der Waals surface area (Å²) in [6.07, 6.45) is 2.94. The van der Waals surface area contributed by atoms with Gasteiger partial charge < -0.3 is 29.0 Å². The van der Waals surface area contributed by atoms with Crippen molar-refractivity contribution >= 4 is 24.0 Å². The zero-order valence-electron chi connectivity index (χ0n) is 26.3. The molecule has 0 bridgehead atoms. The Morgan fingerprint density at radius 3 is 2.02 bits per heavy atom. The molecule has 8 heteroatoms. The molecule has 7 nitrogen and oxygen atoms in total. The minimum Gasteiger partial charge on any atom is -0.493 e. The molecule has 1 fully saturated rings. The van der Waals surface area contributed by atoms with Gasteiger partial charge in [0.25, 0.3) is 7.37 Å². The monoisotopic (exact) mass is 594 g/mol. The summed E-state index contributed by atoms with van der Waals surface area (Å²) in [6, 6.07) is 21.5. The molecule has 3 aromatic rings. The number of hydrogen-bond donors (Lipinski definition) is 1. The molecule has 4 rings (SSSR count). The number of nitrogens with one attached hydrogen (secondary N) is 1. The minimum atomic E-state index is -3.66. The Balaban J connectivity index is 1.95. The van der Waals surface area contributed by atoms with E-state index in [0.29, 0.717) is 40.3 Å². The maximum atomic E-state index is 15.9. The van der Waals surface area contributed by atoms with E-state index >= 15 is 4.57 Å². The smallest absolute Gasteiger partial charge is 0.258 e. The number of methoxy groups -OCH3 is 3. The van der Waals surface area contributed by atoms with E-state index in [1.54, 1.807) is 21.3 Å². The molecule has 0 amide bonds. The average molecular weight is 595 g/mol. The molecule has 0 heterocycles. The van der Waals surface area contributed by atoms with Crippen molar-refractivity contribution in [2.45, 2.75) is 51.9 Å². The quantitative estimate of drug-likeness (QED) is 0.213. The van der Waals surface area contributed by atoms with Crippen molar-refractivity contribution in [1.82, 2.24) is 0 Å². The Labute approximate surface area is 252 Å². The largest absolute Gasteiger partial charge is 0.493 e. The molecule has 0 unspecified atom stereocenters. The predicted molar refractivity (Wildman–Crippen MR) is 173 cm³/mol. The Hall–Kier alpha value is -3.15. The van der Waals surface area contributed by atoms with E-state index in [2.05, 4.69) is 26.1 Å². The summed E-state index contributed by atoms with van der Waals surface area (Å²) >= 11 is 0. The zero-order valence-corrected chi connectivity index (χ0v) is 27.2. The van der Waals surface area contributed by atoms with Gasteiger partial charge in [0, 0.05) is 30.8 Å². The van der Waals surface area contributed by atoms with E-state index in [-0.39, 0.29) is 6.10 Å². The van der Waals surface area contributed by atoms with Crippen LogP contribution in [0.4, 0.5) is 11.4 Å². The molecule has 5 atom stereocenters. The van der Waals surface area contributed by atoms with Gasteiger partial charge in [-0.05, 0) is 84.7 Å². The maximum Gasteiger partial charge on any atom is 0.258 e. The van der Waals surface area contributed by atoms with E-state index in [9.17, 15) is 0 Å². The third-order valence-electron chi connectivity index (χ3n) is 8.40. The molecule has 228 valence electrons. The summed E-state index contributed by atoms with van der Waals surface area (Å²) in [6.45, 7) is 6.75. The Morgan fingerprint density at radius 2 is 1.50 bits per heavy atom. The van der Waals surface area contributed by atoms with Gasteiger partial charge in [0.1, 0.15) is 5.78 Å². The molecule has 1 aliphatic rings. The molecule has 1 saturated carbocycles. The Kier molecular flexibility index (Phi) is 10.5. The molecular weight excluding hydrogens is 547 g/mol. The van der Waals surface area contributed by atoms with Gasteiger partial charge in [0.15, 0.2) is 11.5 Å². The van der Waals surface area contributed by atoms with E-state index in [0.717, 1.165) is 36.2 Å². The van der Waals surface area contributed by atoms with Gasteiger partial charge >= 0.3 is 0 Å². The molecule has 1 aliphatic carbocycles. The molecule has 0 aliphatic heterocycles. The Bertz CT molecular complexity index is 1320. The molecule has 1 N–H and O–H groups in total. The van der Waals surface area contributed by atoms with Crippen LogP contribution in [0.3, 0.4) is 0 Å². The highest BCUT2D eigenvalue weighted by Gasteiger charge is 2.44. The van der Waals surface area contributed by atoms with E-state index in [4.69, 9.17) is 18.7 Å². The third kappa shape index (κ3) is 6.90. The van der Waals surface area contributed by atoms with Crippen molar-refractivity contribution in [3.05, 3.63) is 72.3 Å². The van der Waals surface area contributed by atoms with Gasteiger partial charge in [-0.3, -0.25) is 4.57 Å². The van der Waals surface area contributed by atoms with Crippen LogP contribution in [0.2, 0.25) is 0 Å². The van der Waals surface area contributed by atoms with Crippen molar-refractivity contribution in [3.8, 4) is 17.2 Å². The molecule has 0 aromatic heterocycles. The lowest BCUT2D eigenvalue weighted by molar-refractivity contribution is 0.0488. The number of rotatable bonds is 12. The number of para-hydroxylation sites is 1. The SMILES string of the molecule is COc1cc([C@H](Nc2ccccc2)[P@](=O)(O[C@@H]2C[C@H](C)CC[C@H]2C(C)C)c2ccc(N(C)C)cc2)cc(OC)c1OC. The van der Waals surface area contributed by atoms with Crippen LogP contribution in [0.15, 0.2) is 66.7 Å². The third-order valence-corrected chi connectivity index (χ3v) is 11.1. The van der Waals surface area contributed by atoms with Crippen molar-refractivity contribution in [3.63, 3.8) is 0 Å². The average Bonchev–Trinajstić information content (AvgIpc) is 2.99. The second kappa shape index (κ2) is 13.9. The first-order chi connectivity index (χ1) is 20.1. The highest BCUT2D eigenvalue weighted by atomic mass is 31.2. The van der Waals surface area contributed by atoms with Gasteiger partial charge in [0.05, 0.1) is 27.4 Å². The summed E-state index contributed by atoms with van der Waals surface area (Å²) in [5.74, 6) is 1.95. The molecule has 3 aromatic carbocycles. The molecular formula is C34H47N2O5P. The molecule has 0 spiro atoms. The van der Waals surface area contributed by atoms with E-state index in [1.165, 1.54) is 0 Å². The maximum absolute atomic E-state index is 15.9. The van der Waals surface area contributed by atoms with Crippen LogP contribution in [0.25, 0.3) is 0 Å². The van der Waals surface area contributed by atoms with Crippen LogP contribution >= 0.6 is 7.37 Å². The Morgan fingerprint density at radius 1 is 0.881 bits per heavy atom. The summed E-state index contributed by atoms with van der Waals surface area (Å²) in [5.41, 5.74) is 2.58. The molecule has 42 heavy (non-hydrogen) atoms. The van der Waals surface area contributed by atoms with Crippen LogP contribution in [-0.4, -0.2) is 41.5 Å². The van der Waals surface area contributed by atoms with Crippen molar-refractivity contribution < 1.29 is 23.3 Å². The highest BCUT2D eigenvalue weighted by molar-refractivity contribution is 7.67. The lowest BCUT2D eigenvalue weighted by atomic mass is 9.75. The van der Waals surface area contributed by atoms with Crippen LogP contribution in [-0.2, 0) is 9.09 Å². The predicted octanol–water partition coefficient (Wildman–Crippen LogP) is 7.97. The topological polar surface area (TPSA) is 69.3 Å². The second-order valence-corrected chi connectivity index (χ2v) is 14.3. The first-order valence-corrected chi connectivity index (χ1v) is 16.5. The van der Waals surface area contributed by atoms with Crippen LogP contribution in [0.1, 0.15) is 51.4 Å². The van der Waals surface area contributed by atoms with Gasteiger partial charge in [-0.25, -0.2) is 0 Å². The standard InChI is InChI=1S/C34H47N2O5P/c1-23(2)29-19-14-24(3)20-30(29)41-42(37,28-17-15-27(16-18-28)36(4)5)34(35-26-12-10-9-11-13-26)25-21-31(38-6)33(40-8)32(22-25)39-7/h9-13,15-18,21-24,29-30,34-35H,14,19-20H2,1-8H3/t24-,29+,30-,34-,42-/m1/s1. The summed E-state index contributed by atoms with van der Waals surface area (Å²) < 4.78 is 40.0. The first-order valence-electron chi connectivity index (χ1n) is 14.8. The number of ether oxygens (including phenoxy) is 3. The number of nitrogens with zero attached hydrogens (tertiary/aromatic N) is 1. The highest BCUT2D eigenvalue weighted by Crippen LogP contribution is 2.62. The van der Waals surface area contributed by atoms with Gasteiger partial charge in [-0.15, -0.1) is 0 Å². The summed E-state index contributed by atoms with van der Waals surface area (Å²) in [4.78, 5) is 2.03. The van der Waals surface area contributed by atoms with Gasteiger partial charge in [-0.1, -0.05) is 45.4 Å². The van der Waals surface area contributed by atoms with Crippen molar-refractivity contribution in [1.29, 1.82) is 0 Å². The zero-order chi connectivity index (χ0) is 30.4. The van der Waals surface area contributed by atoms with Crippen LogP contribution in [0, 0.1) is 17.8 Å². The lowest BCUT2D eigenvalue weighted by Gasteiger charge is -2.41. The lowest BCUT2D eigenvalue weighted by Crippen LogP contribution is -2.35. The van der Waals surface area contributed by atoms with E-state index in [1.807, 2.05) is 85.7 Å². The normalized spacial score (nSPS) is 20.8. The number of anilines is 2. The molecule has 0 saturated heterocycles. The van der Waals surface area contributed by atoms with E-state index < -0.39 is 13.2 Å². The fourth-order valence-electron chi connectivity index (χ4n) is 5.98. The van der Waals surface area contributed by atoms with Gasteiger partial charge in [0.2, 0.25) is 5.75 Å². The second-order valence-electron chi connectivity index (χ2n) is 11.8. The summed E-state index contributed by atoms with van der Waals surface area (Å²) in [7, 11) is 5.10. The van der Waals surface area contributed by atoms with Crippen molar-refractivity contribution in [2.75, 3.05) is 45.6 Å². The fraction of sp³-hybridized carbons (Fsp3) is 0.471. The number of hydrogen-bond acceptors (Lipinski definition) is 7. The summed E-state index contributed by atoms with van der Waals surface area (Å²) in [5, 5.41) is 4.27. The van der Waals surface area contributed by atoms with Crippen molar-refractivity contribution in [2.24, 2.45) is 17.8 Å². The van der Waals surface area contributed by atoms with Gasteiger partial charge in [-0.2, -0.15) is 0 Å². The minimum absolute atomic E-state index is 0.143. The fourth-order valence-corrected chi connectivity index (χ4v) is 8.59.